The van der Waals surface area contributed by atoms with Crippen LogP contribution in [0, 0.1) is 5.82 Å². The van der Waals surface area contributed by atoms with Crippen LogP contribution in [-0.4, -0.2) is 12.2 Å². The smallest absolute Gasteiger partial charge is 0.352 e. The third kappa shape index (κ3) is 5.59. The van der Waals surface area contributed by atoms with E-state index in [4.69, 9.17) is 0 Å². The molecule has 0 fully saturated rings. The molecule has 1 aliphatic rings. The van der Waals surface area contributed by atoms with Gasteiger partial charge in [0.15, 0.2) is 0 Å². The van der Waals surface area contributed by atoms with Crippen molar-refractivity contribution in [3.05, 3.63) is 106 Å². The van der Waals surface area contributed by atoms with Crippen LogP contribution in [0.4, 0.5) is 17.6 Å². The van der Waals surface area contributed by atoms with Crippen molar-refractivity contribution in [3.63, 3.8) is 0 Å². The first-order valence-electron chi connectivity index (χ1n) is 10.5. The van der Waals surface area contributed by atoms with Crippen molar-refractivity contribution >= 4 is 34.9 Å². The van der Waals surface area contributed by atoms with Crippen molar-refractivity contribution in [1.82, 2.24) is 5.32 Å². The molecule has 0 bridgehead atoms. The Labute approximate surface area is 199 Å². The van der Waals surface area contributed by atoms with Crippen LogP contribution in [0.3, 0.4) is 0 Å². The maximum Gasteiger partial charge on any atom is 0.416 e. The number of carbonyl (C=O) groups is 1. The van der Waals surface area contributed by atoms with E-state index in [1.807, 2.05) is 42.7 Å². The van der Waals surface area contributed by atoms with E-state index >= 15 is 0 Å². The number of thioether (sulfide) groups is 1. The Morgan fingerprint density at radius 1 is 0.971 bits per heavy atom. The highest BCUT2D eigenvalue weighted by atomic mass is 32.2. The molecule has 1 aliphatic carbocycles. The topological polar surface area (TPSA) is 29.1 Å². The molecule has 174 valence electrons. The minimum atomic E-state index is -4.40. The van der Waals surface area contributed by atoms with Crippen LogP contribution in [0.1, 0.15) is 34.2 Å². The van der Waals surface area contributed by atoms with Crippen molar-refractivity contribution in [1.29, 1.82) is 0 Å². The second kappa shape index (κ2) is 9.89. The van der Waals surface area contributed by atoms with Gasteiger partial charge in [-0.15, -0.1) is 11.8 Å². The number of allylic oxidation sites excluding steroid dienone is 2. The molecule has 34 heavy (non-hydrogen) atoms. The van der Waals surface area contributed by atoms with Gasteiger partial charge in [-0.3, -0.25) is 4.79 Å². The lowest BCUT2D eigenvalue weighted by molar-refractivity contribution is -0.137. The van der Waals surface area contributed by atoms with Crippen LogP contribution in [0.5, 0.6) is 0 Å². The summed E-state index contributed by atoms with van der Waals surface area (Å²) < 4.78 is 52.1. The van der Waals surface area contributed by atoms with E-state index in [2.05, 4.69) is 5.32 Å². The molecule has 0 heterocycles. The van der Waals surface area contributed by atoms with Crippen molar-refractivity contribution in [2.24, 2.45) is 0 Å². The average molecular weight is 484 g/mol. The summed E-state index contributed by atoms with van der Waals surface area (Å²) in [4.78, 5) is 13.7. The first-order valence-corrected chi connectivity index (χ1v) is 11.7. The number of hydrogen-bond acceptors (Lipinski definition) is 2. The van der Waals surface area contributed by atoms with Gasteiger partial charge in [-0.1, -0.05) is 30.3 Å². The Morgan fingerprint density at radius 3 is 2.32 bits per heavy atom. The Bertz CT molecular complexity index is 1260. The molecule has 2 nitrogen and oxygen atoms in total. The van der Waals surface area contributed by atoms with Gasteiger partial charge in [-0.05, 0) is 88.2 Å². The molecule has 0 unspecified atom stereocenters. The number of fused-ring (bicyclic) bond motifs is 1. The molecule has 0 spiro atoms. The molecule has 3 aromatic carbocycles. The summed E-state index contributed by atoms with van der Waals surface area (Å²) >= 11 is 1.65. The Morgan fingerprint density at radius 2 is 1.68 bits per heavy atom. The van der Waals surface area contributed by atoms with Gasteiger partial charge in [0.25, 0.3) is 0 Å². The van der Waals surface area contributed by atoms with Crippen molar-refractivity contribution in [3.8, 4) is 0 Å². The number of carbonyl (C=O) groups excluding carboxylic acids is 1. The van der Waals surface area contributed by atoms with Gasteiger partial charge in [-0.25, -0.2) is 4.39 Å². The maximum absolute atomic E-state index is 14.0. The van der Waals surface area contributed by atoms with E-state index in [1.165, 1.54) is 24.3 Å². The number of hydrogen-bond donors (Lipinski definition) is 1. The normalized spacial score (nSPS) is 14.1. The molecular formula is C27H21F4NOS. The van der Waals surface area contributed by atoms with Crippen LogP contribution in [0.15, 0.2) is 77.7 Å². The van der Waals surface area contributed by atoms with E-state index in [0.717, 1.165) is 33.7 Å². The third-order valence-electron chi connectivity index (χ3n) is 5.53. The highest BCUT2D eigenvalue weighted by molar-refractivity contribution is 7.98. The summed E-state index contributed by atoms with van der Waals surface area (Å²) in [5.74, 6) is -0.688. The quantitative estimate of drug-likeness (QED) is 0.297. The molecule has 0 aromatic heterocycles. The van der Waals surface area contributed by atoms with Gasteiger partial charge in [0, 0.05) is 11.4 Å². The van der Waals surface area contributed by atoms with Gasteiger partial charge in [0.1, 0.15) is 5.82 Å². The second-order valence-corrected chi connectivity index (χ2v) is 8.76. The Balaban J connectivity index is 1.49. The van der Waals surface area contributed by atoms with Crippen molar-refractivity contribution < 1.29 is 22.4 Å². The van der Waals surface area contributed by atoms with Gasteiger partial charge in [0.2, 0.25) is 5.91 Å². The van der Waals surface area contributed by atoms with Crippen LogP contribution in [0.25, 0.3) is 17.2 Å². The number of alkyl halides is 3. The van der Waals surface area contributed by atoms with Gasteiger partial charge < -0.3 is 5.32 Å². The summed E-state index contributed by atoms with van der Waals surface area (Å²) in [6.45, 7) is 0.102. The Hall–Kier alpha value is -3.32. The third-order valence-corrected chi connectivity index (χ3v) is 6.27. The molecule has 1 amide bonds. The van der Waals surface area contributed by atoms with E-state index in [0.29, 0.717) is 16.7 Å². The standard InChI is InChI=1S/C27H21F4NOS/c1-34-23-9-4-17(5-10-23)12-19-13-20(25-15-22(28)8-11-24(19)25)14-26(33)32-16-18-2-6-21(7-3-18)27(29,30)31/h2-13,15H,14,16H2,1H3,(H,32,33). The predicted octanol–water partition coefficient (Wildman–Crippen LogP) is 7.21. The summed E-state index contributed by atoms with van der Waals surface area (Å²) in [5, 5.41) is 2.73. The lowest BCUT2D eigenvalue weighted by Gasteiger charge is -2.09. The summed E-state index contributed by atoms with van der Waals surface area (Å²) in [7, 11) is 0. The first kappa shape index (κ1) is 23.8. The number of nitrogens with one attached hydrogen (secondary N) is 1. The molecule has 3 aromatic rings. The fraction of sp³-hybridized carbons (Fsp3) is 0.148. The largest absolute Gasteiger partial charge is 0.416 e. The second-order valence-electron chi connectivity index (χ2n) is 7.88. The monoisotopic (exact) mass is 483 g/mol. The zero-order chi connectivity index (χ0) is 24.3. The predicted molar refractivity (Wildman–Crippen MR) is 128 cm³/mol. The van der Waals surface area contributed by atoms with E-state index in [1.54, 1.807) is 17.8 Å². The molecule has 1 N–H and O–H groups in total. The lowest BCUT2D eigenvalue weighted by atomic mass is 10.0. The molecule has 4 rings (SSSR count). The van der Waals surface area contributed by atoms with Crippen LogP contribution in [0.2, 0.25) is 0 Å². The van der Waals surface area contributed by atoms with Gasteiger partial charge in [-0.2, -0.15) is 13.2 Å². The average Bonchev–Trinajstić information content (AvgIpc) is 3.13. The number of rotatable bonds is 6. The van der Waals surface area contributed by atoms with Crippen molar-refractivity contribution in [2.45, 2.75) is 24.0 Å². The fourth-order valence-electron chi connectivity index (χ4n) is 3.77. The van der Waals surface area contributed by atoms with E-state index in [9.17, 15) is 22.4 Å². The summed E-state index contributed by atoms with van der Waals surface area (Å²) in [6, 6.07) is 17.2. The van der Waals surface area contributed by atoms with E-state index < -0.39 is 11.7 Å². The van der Waals surface area contributed by atoms with E-state index in [-0.39, 0.29) is 24.7 Å². The summed E-state index contributed by atoms with van der Waals surface area (Å²) in [6.07, 6.45) is 1.51. The molecule has 0 saturated heterocycles. The maximum atomic E-state index is 14.0. The highest BCUT2D eigenvalue weighted by Crippen LogP contribution is 2.38. The molecule has 0 saturated carbocycles. The minimum absolute atomic E-state index is 0.0276. The zero-order valence-corrected chi connectivity index (χ0v) is 19.1. The minimum Gasteiger partial charge on any atom is -0.352 e. The Kier molecular flexibility index (Phi) is 6.93. The fourth-order valence-corrected chi connectivity index (χ4v) is 4.18. The first-order chi connectivity index (χ1) is 16.2. The molecule has 7 heteroatoms. The summed E-state index contributed by atoms with van der Waals surface area (Å²) in [5.41, 5.74) is 3.90. The van der Waals surface area contributed by atoms with Gasteiger partial charge in [0.05, 0.1) is 12.0 Å². The van der Waals surface area contributed by atoms with Crippen molar-refractivity contribution in [2.75, 3.05) is 6.26 Å². The molecular weight excluding hydrogens is 462 g/mol. The molecule has 0 aliphatic heterocycles. The highest BCUT2D eigenvalue weighted by Gasteiger charge is 2.30. The number of benzene rings is 3. The van der Waals surface area contributed by atoms with Crippen LogP contribution in [-0.2, 0) is 17.5 Å². The SMILES string of the molecule is CSc1ccc(C=C2C=C(CC(=O)NCc3ccc(C(F)(F)F)cc3)c3cc(F)ccc32)cc1. The van der Waals surface area contributed by atoms with Gasteiger partial charge >= 0.3 is 6.18 Å². The number of amides is 1. The zero-order valence-electron chi connectivity index (χ0n) is 18.2. The number of halogens is 4. The van der Waals surface area contributed by atoms with Crippen LogP contribution >= 0.6 is 11.8 Å². The lowest BCUT2D eigenvalue weighted by Crippen LogP contribution is -2.22. The molecule has 0 radical (unpaired) electrons. The van der Waals surface area contributed by atoms with Crippen LogP contribution < -0.4 is 5.32 Å². The molecule has 0 atom stereocenters.